The van der Waals surface area contributed by atoms with Gasteiger partial charge in [-0.25, -0.2) is 12.8 Å². The van der Waals surface area contributed by atoms with E-state index in [1.54, 1.807) is 0 Å². The van der Waals surface area contributed by atoms with Crippen molar-refractivity contribution in [1.29, 1.82) is 0 Å². The van der Waals surface area contributed by atoms with E-state index < -0.39 is 15.8 Å². The number of nitrogens with zero attached hydrogens (tertiary/aromatic N) is 3. The molecule has 3 rings (SSSR count). The molecular weight excluding hydrogens is 345 g/mol. The number of hydrogen-bond acceptors (Lipinski definition) is 4. The van der Waals surface area contributed by atoms with Gasteiger partial charge < -0.3 is 4.90 Å². The molecule has 1 amide bonds. The molecule has 2 fully saturated rings. The Morgan fingerprint density at radius 3 is 2.24 bits per heavy atom. The first-order valence-electron chi connectivity index (χ1n) is 8.73. The van der Waals surface area contributed by atoms with Crippen molar-refractivity contribution in [2.45, 2.75) is 24.2 Å². The zero-order valence-corrected chi connectivity index (χ0v) is 15.0. The first-order chi connectivity index (χ1) is 12.0. The molecule has 0 unspecified atom stereocenters. The minimum atomic E-state index is -3.83. The first-order valence-corrected chi connectivity index (χ1v) is 10.2. The largest absolute Gasteiger partial charge is 0.342 e. The van der Waals surface area contributed by atoms with Crippen molar-refractivity contribution < 1.29 is 17.6 Å². The molecular formula is C17H24FN3O3S. The minimum absolute atomic E-state index is 0.116. The number of piperazine rings is 1. The Kier molecular flexibility index (Phi) is 5.71. The molecule has 25 heavy (non-hydrogen) atoms. The van der Waals surface area contributed by atoms with Crippen molar-refractivity contribution in [3.05, 3.63) is 30.1 Å². The van der Waals surface area contributed by atoms with Crippen LogP contribution in [0.3, 0.4) is 0 Å². The van der Waals surface area contributed by atoms with Gasteiger partial charge in [0.15, 0.2) is 0 Å². The van der Waals surface area contributed by atoms with Crippen molar-refractivity contribution in [3.8, 4) is 0 Å². The van der Waals surface area contributed by atoms with Gasteiger partial charge in [0.1, 0.15) is 10.7 Å². The Balaban J connectivity index is 1.56. The third-order valence-corrected chi connectivity index (χ3v) is 6.79. The fourth-order valence-electron chi connectivity index (χ4n) is 3.36. The fourth-order valence-corrected chi connectivity index (χ4v) is 4.84. The van der Waals surface area contributed by atoms with Crippen molar-refractivity contribution in [3.63, 3.8) is 0 Å². The molecule has 0 bridgehead atoms. The second-order valence-electron chi connectivity index (χ2n) is 6.55. The SMILES string of the molecule is O=C(CN1CCN(S(=O)(=O)c2ccccc2F)CC1)N1CCCCC1. The van der Waals surface area contributed by atoms with Gasteiger partial charge in [0.25, 0.3) is 0 Å². The molecule has 0 aromatic heterocycles. The monoisotopic (exact) mass is 369 g/mol. The maximum absolute atomic E-state index is 13.8. The number of rotatable bonds is 4. The lowest BCUT2D eigenvalue weighted by Crippen LogP contribution is -2.52. The highest BCUT2D eigenvalue weighted by Gasteiger charge is 2.31. The van der Waals surface area contributed by atoms with E-state index in [0.29, 0.717) is 19.6 Å². The van der Waals surface area contributed by atoms with Crippen LogP contribution in [0.2, 0.25) is 0 Å². The summed E-state index contributed by atoms with van der Waals surface area (Å²) in [6.07, 6.45) is 3.29. The van der Waals surface area contributed by atoms with Gasteiger partial charge in [-0.2, -0.15) is 4.31 Å². The second kappa shape index (κ2) is 7.80. The van der Waals surface area contributed by atoms with E-state index in [1.807, 2.05) is 9.80 Å². The lowest BCUT2D eigenvalue weighted by Gasteiger charge is -2.35. The number of halogens is 1. The van der Waals surface area contributed by atoms with E-state index >= 15 is 0 Å². The molecule has 0 radical (unpaired) electrons. The molecule has 0 atom stereocenters. The first kappa shape index (κ1) is 18.3. The number of likely N-dealkylation sites (tertiary alicyclic amines) is 1. The molecule has 0 aliphatic carbocycles. The average molecular weight is 369 g/mol. The third kappa shape index (κ3) is 4.19. The number of piperidine rings is 1. The van der Waals surface area contributed by atoms with Crippen LogP contribution in [0.4, 0.5) is 4.39 Å². The van der Waals surface area contributed by atoms with Crippen LogP contribution >= 0.6 is 0 Å². The number of carbonyl (C=O) groups is 1. The molecule has 0 N–H and O–H groups in total. The van der Waals surface area contributed by atoms with Gasteiger partial charge in [0, 0.05) is 39.3 Å². The molecule has 1 aromatic rings. The third-order valence-electron chi connectivity index (χ3n) is 4.85. The summed E-state index contributed by atoms with van der Waals surface area (Å²) >= 11 is 0. The van der Waals surface area contributed by atoms with E-state index in [-0.39, 0.29) is 23.9 Å². The standard InChI is InChI=1S/C17H24FN3O3S/c18-15-6-2-3-7-16(15)25(23,24)21-12-10-19(11-13-21)14-17(22)20-8-4-1-5-9-20/h2-3,6-7H,1,4-5,8-14H2. The summed E-state index contributed by atoms with van der Waals surface area (Å²) in [6.45, 7) is 3.46. The summed E-state index contributed by atoms with van der Waals surface area (Å²) in [5, 5.41) is 0. The predicted molar refractivity (Wildman–Crippen MR) is 92.0 cm³/mol. The van der Waals surface area contributed by atoms with E-state index in [0.717, 1.165) is 32.0 Å². The molecule has 0 spiro atoms. The Bertz CT molecular complexity index is 712. The summed E-state index contributed by atoms with van der Waals surface area (Å²) in [7, 11) is -3.83. The van der Waals surface area contributed by atoms with Crippen LogP contribution in [0.15, 0.2) is 29.2 Å². The zero-order valence-electron chi connectivity index (χ0n) is 14.2. The second-order valence-corrected chi connectivity index (χ2v) is 8.46. The van der Waals surface area contributed by atoms with Crippen LogP contribution < -0.4 is 0 Å². The van der Waals surface area contributed by atoms with Gasteiger partial charge in [-0.3, -0.25) is 9.69 Å². The molecule has 2 heterocycles. The number of sulfonamides is 1. The normalized spacial score (nSPS) is 20.6. The Morgan fingerprint density at radius 1 is 0.960 bits per heavy atom. The van der Waals surface area contributed by atoms with E-state index in [1.165, 1.54) is 28.9 Å². The zero-order chi connectivity index (χ0) is 17.9. The smallest absolute Gasteiger partial charge is 0.246 e. The Morgan fingerprint density at radius 2 is 1.60 bits per heavy atom. The fraction of sp³-hybridized carbons (Fsp3) is 0.588. The van der Waals surface area contributed by atoms with E-state index in [2.05, 4.69) is 0 Å². The molecule has 2 aliphatic heterocycles. The maximum Gasteiger partial charge on any atom is 0.246 e. The summed E-state index contributed by atoms with van der Waals surface area (Å²) in [5.41, 5.74) is 0. The topological polar surface area (TPSA) is 60.9 Å². The minimum Gasteiger partial charge on any atom is -0.342 e. The van der Waals surface area contributed by atoms with E-state index in [4.69, 9.17) is 0 Å². The number of amides is 1. The van der Waals surface area contributed by atoms with Gasteiger partial charge >= 0.3 is 0 Å². The highest BCUT2D eigenvalue weighted by atomic mass is 32.2. The molecule has 2 saturated heterocycles. The number of benzene rings is 1. The summed E-state index contributed by atoms with van der Waals surface area (Å²) in [6, 6.07) is 5.43. The van der Waals surface area contributed by atoms with Crippen LogP contribution in [0.5, 0.6) is 0 Å². The van der Waals surface area contributed by atoms with Crippen LogP contribution in [-0.2, 0) is 14.8 Å². The van der Waals surface area contributed by atoms with Gasteiger partial charge in [-0.1, -0.05) is 12.1 Å². The number of hydrogen-bond donors (Lipinski definition) is 0. The van der Waals surface area contributed by atoms with Crippen LogP contribution in [0.1, 0.15) is 19.3 Å². The number of carbonyl (C=O) groups excluding carboxylic acids is 1. The summed E-state index contributed by atoms with van der Waals surface area (Å²) in [5.74, 6) is -0.615. The molecule has 138 valence electrons. The summed E-state index contributed by atoms with van der Waals surface area (Å²) in [4.78, 5) is 15.9. The predicted octanol–water partition coefficient (Wildman–Crippen LogP) is 1.14. The summed E-state index contributed by atoms with van der Waals surface area (Å²) < 4.78 is 40.3. The van der Waals surface area contributed by atoms with Crippen molar-refractivity contribution in [2.75, 3.05) is 45.8 Å². The van der Waals surface area contributed by atoms with Crippen LogP contribution in [0, 0.1) is 5.82 Å². The lowest BCUT2D eigenvalue weighted by molar-refractivity contribution is -0.133. The molecule has 6 nitrogen and oxygen atoms in total. The molecule has 8 heteroatoms. The van der Waals surface area contributed by atoms with Crippen LogP contribution in [0.25, 0.3) is 0 Å². The maximum atomic E-state index is 13.8. The molecule has 0 saturated carbocycles. The Hall–Kier alpha value is -1.51. The van der Waals surface area contributed by atoms with Gasteiger partial charge in [-0.15, -0.1) is 0 Å². The lowest BCUT2D eigenvalue weighted by atomic mass is 10.1. The molecule has 2 aliphatic rings. The van der Waals surface area contributed by atoms with Crippen molar-refractivity contribution >= 4 is 15.9 Å². The highest BCUT2D eigenvalue weighted by Crippen LogP contribution is 2.20. The molecule has 1 aromatic carbocycles. The van der Waals surface area contributed by atoms with E-state index in [9.17, 15) is 17.6 Å². The van der Waals surface area contributed by atoms with Crippen molar-refractivity contribution in [1.82, 2.24) is 14.1 Å². The van der Waals surface area contributed by atoms with Crippen molar-refractivity contribution in [2.24, 2.45) is 0 Å². The Labute approximate surface area is 148 Å². The highest BCUT2D eigenvalue weighted by molar-refractivity contribution is 7.89. The van der Waals surface area contributed by atoms with Gasteiger partial charge in [-0.05, 0) is 31.4 Å². The quantitative estimate of drug-likeness (QED) is 0.799. The average Bonchev–Trinajstić information content (AvgIpc) is 2.63. The van der Waals surface area contributed by atoms with Gasteiger partial charge in [0.05, 0.1) is 6.54 Å². The van der Waals surface area contributed by atoms with Crippen LogP contribution in [-0.4, -0.2) is 74.2 Å². The van der Waals surface area contributed by atoms with Gasteiger partial charge in [0.2, 0.25) is 15.9 Å².